The molecule has 17 nitrogen and oxygen atoms in total. The number of hydrogen-bond acceptors (Lipinski definition) is 15. The highest BCUT2D eigenvalue weighted by atomic mass is 31.2. The van der Waals surface area contributed by atoms with Crippen LogP contribution in [0, 0.1) is 23.7 Å². The molecule has 0 fully saturated rings. The predicted octanol–water partition coefficient (Wildman–Crippen LogP) is 20.9. The number of phosphoric ester groups is 2. The summed E-state index contributed by atoms with van der Waals surface area (Å²) in [6.45, 7) is 14.1. The first-order valence-corrected chi connectivity index (χ1v) is 40.7. The molecule has 0 amide bonds. The first-order chi connectivity index (χ1) is 44.1. The molecule has 0 aromatic rings. The summed E-state index contributed by atoms with van der Waals surface area (Å²) < 4.78 is 68.4. The zero-order valence-corrected chi connectivity index (χ0v) is 62.0. The van der Waals surface area contributed by atoms with E-state index in [0.29, 0.717) is 37.5 Å². The molecule has 3 N–H and O–H groups in total. The van der Waals surface area contributed by atoms with Crippen molar-refractivity contribution >= 4 is 39.5 Å². The van der Waals surface area contributed by atoms with Gasteiger partial charge in [-0.1, -0.05) is 312 Å². The van der Waals surface area contributed by atoms with Crippen LogP contribution in [-0.4, -0.2) is 96.7 Å². The smallest absolute Gasteiger partial charge is 0.462 e. The topological polar surface area (TPSA) is 237 Å². The maximum Gasteiger partial charge on any atom is 0.472 e. The minimum Gasteiger partial charge on any atom is -0.462 e. The summed E-state index contributed by atoms with van der Waals surface area (Å²) in [5.74, 6) is 0.882. The van der Waals surface area contributed by atoms with E-state index in [-0.39, 0.29) is 25.7 Å². The van der Waals surface area contributed by atoms with Crippen molar-refractivity contribution in [2.75, 3.05) is 39.6 Å². The summed E-state index contributed by atoms with van der Waals surface area (Å²) in [4.78, 5) is 72.6. The molecule has 0 bridgehead atoms. The molecular weight excluding hydrogens is 1210 g/mol. The van der Waals surface area contributed by atoms with E-state index in [0.717, 1.165) is 108 Å². The number of carbonyl (C=O) groups excluding carboxylic acids is 4. The van der Waals surface area contributed by atoms with E-state index in [4.69, 9.17) is 37.0 Å². The van der Waals surface area contributed by atoms with Gasteiger partial charge in [0.05, 0.1) is 26.4 Å². The number of carbonyl (C=O) groups is 4. The third-order valence-corrected chi connectivity index (χ3v) is 19.1. The lowest BCUT2D eigenvalue weighted by Gasteiger charge is -2.21. The van der Waals surface area contributed by atoms with Crippen LogP contribution in [-0.2, 0) is 65.4 Å². The third-order valence-electron chi connectivity index (χ3n) is 17.2. The maximum absolute atomic E-state index is 13.1. The Hall–Kier alpha value is -1.94. The fourth-order valence-corrected chi connectivity index (χ4v) is 12.6. The molecule has 0 spiro atoms. The zero-order valence-electron chi connectivity index (χ0n) is 60.2. The SMILES string of the molecule is CCC(C)CCCCCCCCCCCCC(=O)O[C@H](COC(=O)CCCCCCCCCCCCCCCCCC(C)C)COP(=O)(O)OCC(O)COP(=O)(O)OC[C@@H](COC(=O)CCCCCCCCCC(C)C)OC(=O)CCCCCCCCCC(C)C. The highest BCUT2D eigenvalue weighted by Gasteiger charge is 2.30. The van der Waals surface area contributed by atoms with Crippen molar-refractivity contribution in [2.24, 2.45) is 23.7 Å². The number of hydrogen-bond donors (Lipinski definition) is 3. The van der Waals surface area contributed by atoms with Gasteiger partial charge >= 0.3 is 39.5 Å². The van der Waals surface area contributed by atoms with E-state index < -0.39 is 97.5 Å². The van der Waals surface area contributed by atoms with Gasteiger partial charge in [0.2, 0.25) is 0 Å². The lowest BCUT2D eigenvalue weighted by atomic mass is 9.99. The zero-order chi connectivity index (χ0) is 68.2. The molecule has 546 valence electrons. The number of unbranched alkanes of at least 4 members (excludes halogenated alkanes) is 35. The largest absolute Gasteiger partial charge is 0.472 e. The van der Waals surface area contributed by atoms with Crippen LogP contribution in [0.15, 0.2) is 0 Å². The molecule has 0 aliphatic carbocycles. The van der Waals surface area contributed by atoms with Crippen LogP contribution >= 0.6 is 15.6 Å². The quantitative estimate of drug-likeness (QED) is 0.0222. The molecule has 19 heteroatoms. The Balaban J connectivity index is 5.22. The van der Waals surface area contributed by atoms with Gasteiger partial charge in [-0.2, -0.15) is 0 Å². The predicted molar refractivity (Wildman–Crippen MR) is 372 cm³/mol. The fraction of sp³-hybridized carbons (Fsp3) is 0.945. The molecule has 0 heterocycles. The molecule has 6 atom stereocenters. The van der Waals surface area contributed by atoms with Crippen LogP contribution in [0.5, 0.6) is 0 Å². The third kappa shape index (κ3) is 65.4. The second kappa shape index (κ2) is 62.6. The molecule has 0 aromatic carbocycles. The van der Waals surface area contributed by atoms with Gasteiger partial charge in [-0.3, -0.25) is 37.3 Å². The van der Waals surface area contributed by atoms with Gasteiger partial charge in [-0.25, -0.2) is 9.13 Å². The maximum atomic E-state index is 13.1. The fourth-order valence-electron chi connectivity index (χ4n) is 11.0. The summed E-state index contributed by atoms with van der Waals surface area (Å²) in [6.07, 6.45) is 46.0. The van der Waals surface area contributed by atoms with Gasteiger partial charge in [0.1, 0.15) is 19.3 Å². The first kappa shape index (κ1) is 90.1. The Morgan fingerprint density at radius 1 is 0.304 bits per heavy atom. The van der Waals surface area contributed by atoms with E-state index in [1.54, 1.807) is 0 Å². The number of esters is 4. The summed E-state index contributed by atoms with van der Waals surface area (Å²) in [5, 5.41) is 10.6. The van der Waals surface area contributed by atoms with Crippen molar-refractivity contribution in [2.45, 2.75) is 382 Å². The Labute approximate surface area is 562 Å². The number of ether oxygens (including phenoxy) is 4. The number of rotatable bonds is 70. The minimum absolute atomic E-state index is 0.102. The van der Waals surface area contributed by atoms with Crippen molar-refractivity contribution in [3.8, 4) is 0 Å². The van der Waals surface area contributed by atoms with Gasteiger partial charge in [0.15, 0.2) is 12.2 Å². The van der Waals surface area contributed by atoms with Crippen LogP contribution in [0.4, 0.5) is 0 Å². The number of aliphatic hydroxyl groups excluding tert-OH is 1. The van der Waals surface area contributed by atoms with Crippen LogP contribution in [0.2, 0.25) is 0 Å². The Morgan fingerprint density at radius 3 is 0.772 bits per heavy atom. The van der Waals surface area contributed by atoms with E-state index in [1.165, 1.54) is 161 Å². The van der Waals surface area contributed by atoms with Crippen LogP contribution in [0.1, 0.15) is 364 Å². The summed E-state index contributed by atoms with van der Waals surface area (Å²) in [6, 6.07) is 0. The number of phosphoric acid groups is 2. The molecule has 0 aliphatic rings. The summed E-state index contributed by atoms with van der Waals surface area (Å²) in [7, 11) is -9.91. The first-order valence-electron chi connectivity index (χ1n) is 37.7. The van der Waals surface area contributed by atoms with E-state index in [2.05, 4.69) is 55.4 Å². The van der Waals surface area contributed by atoms with Crippen LogP contribution in [0.3, 0.4) is 0 Å². The average molecular weight is 1350 g/mol. The minimum atomic E-state index is -4.96. The molecule has 0 saturated carbocycles. The monoisotopic (exact) mass is 1350 g/mol. The standard InChI is InChI=1S/C73H142O17P2/c1-9-66(8)52-44-36-28-20-17-18-22-30-39-47-55-72(77)89-68(59-83-70(75)53-45-37-29-21-16-14-12-10-11-13-15-19-25-33-41-49-63(2)3)61-87-91(79,80)85-57-67(74)58-86-92(81,82)88-62-69(90-73(78)56-48-40-32-24-27-35-43-51-65(6)7)60-84-71(76)54-46-38-31-23-26-34-42-50-64(4)5/h63-69,74H,9-62H2,1-8H3,(H,79,80)(H,81,82)/t66?,67?,68-,69-/m1/s1. The lowest BCUT2D eigenvalue weighted by molar-refractivity contribution is -0.161. The van der Waals surface area contributed by atoms with E-state index >= 15 is 0 Å². The molecular formula is C73H142O17P2. The average Bonchev–Trinajstić information content (AvgIpc) is 1.51. The molecule has 0 aromatic heterocycles. The molecule has 0 saturated heterocycles. The normalized spacial score (nSPS) is 14.5. The molecule has 0 radical (unpaired) electrons. The van der Waals surface area contributed by atoms with E-state index in [9.17, 15) is 43.2 Å². The van der Waals surface area contributed by atoms with Crippen molar-refractivity contribution in [3.63, 3.8) is 0 Å². The molecule has 92 heavy (non-hydrogen) atoms. The highest BCUT2D eigenvalue weighted by Crippen LogP contribution is 2.45. The molecule has 0 aliphatic heterocycles. The van der Waals surface area contributed by atoms with Gasteiger partial charge in [0, 0.05) is 25.7 Å². The Bertz CT molecular complexity index is 1820. The van der Waals surface area contributed by atoms with Crippen LogP contribution in [0.25, 0.3) is 0 Å². The highest BCUT2D eigenvalue weighted by molar-refractivity contribution is 7.47. The lowest BCUT2D eigenvalue weighted by Crippen LogP contribution is -2.30. The van der Waals surface area contributed by atoms with Crippen molar-refractivity contribution in [1.82, 2.24) is 0 Å². The van der Waals surface area contributed by atoms with Gasteiger partial charge in [-0.05, 0) is 49.4 Å². The summed E-state index contributed by atoms with van der Waals surface area (Å²) >= 11 is 0. The second-order valence-corrected chi connectivity index (χ2v) is 30.9. The molecule has 4 unspecified atom stereocenters. The van der Waals surface area contributed by atoms with Gasteiger partial charge < -0.3 is 33.8 Å². The van der Waals surface area contributed by atoms with Gasteiger partial charge in [0.25, 0.3) is 0 Å². The number of aliphatic hydroxyl groups is 1. The van der Waals surface area contributed by atoms with Crippen molar-refractivity contribution in [1.29, 1.82) is 0 Å². The van der Waals surface area contributed by atoms with Crippen LogP contribution < -0.4 is 0 Å². The summed E-state index contributed by atoms with van der Waals surface area (Å²) in [5.41, 5.74) is 0. The second-order valence-electron chi connectivity index (χ2n) is 28.0. The van der Waals surface area contributed by atoms with Crippen molar-refractivity contribution < 1.29 is 80.2 Å². The van der Waals surface area contributed by atoms with Crippen molar-refractivity contribution in [3.05, 3.63) is 0 Å². The van der Waals surface area contributed by atoms with E-state index in [1.807, 2.05) is 0 Å². The Kier molecular flexibility index (Phi) is 61.3. The molecule has 0 rings (SSSR count). The van der Waals surface area contributed by atoms with Gasteiger partial charge in [-0.15, -0.1) is 0 Å². The Morgan fingerprint density at radius 2 is 0.522 bits per heavy atom.